The Balaban J connectivity index is 1.48. The van der Waals surface area contributed by atoms with E-state index in [0.717, 1.165) is 5.69 Å². The monoisotopic (exact) mass is 336 g/mol. The summed E-state index contributed by atoms with van der Waals surface area (Å²) in [6.07, 6.45) is 11.4. The maximum Gasteiger partial charge on any atom is 0.255 e. The Morgan fingerprint density at radius 2 is 2.08 bits per heavy atom. The van der Waals surface area contributed by atoms with Crippen LogP contribution in [0, 0.1) is 0 Å². The number of hydrogen-bond donors (Lipinski definition) is 0. The highest BCUT2D eigenvalue weighted by molar-refractivity contribution is 5.94. The molecule has 0 saturated carbocycles. The molecule has 0 radical (unpaired) electrons. The summed E-state index contributed by atoms with van der Waals surface area (Å²) in [6, 6.07) is 3.58. The largest absolute Gasteiger partial charge is 0.368 e. The van der Waals surface area contributed by atoms with Crippen LogP contribution in [0.3, 0.4) is 0 Å². The van der Waals surface area contributed by atoms with Crippen molar-refractivity contribution in [2.45, 2.75) is 6.10 Å². The van der Waals surface area contributed by atoms with Crippen LogP contribution in [0.4, 0.5) is 0 Å². The van der Waals surface area contributed by atoms with Crippen molar-refractivity contribution in [3.8, 4) is 5.82 Å². The topological polar surface area (TPSA) is 86.0 Å². The first-order chi connectivity index (χ1) is 12.3. The van der Waals surface area contributed by atoms with Crippen LogP contribution in [0.15, 0.2) is 55.6 Å². The van der Waals surface area contributed by atoms with Crippen LogP contribution in [-0.2, 0) is 4.74 Å². The third-order valence-corrected chi connectivity index (χ3v) is 4.03. The molecule has 1 saturated heterocycles. The van der Waals surface area contributed by atoms with Crippen LogP contribution in [0.25, 0.3) is 5.82 Å². The van der Waals surface area contributed by atoms with E-state index in [-0.39, 0.29) is 12.0 Å². The first kappa shape index (κ1) is 15.4. The molecule has 8 nitrogen and oxygen atoms in total. The van der Waals surface area contributed by atoms with Crippen LogP contribution in [0.1, 0.15) is 22.2 Å². The van der Waals surface area contributed by atoms with Crippen molar-refractivity contribution >= 4 is 5.91 Å². The van der Waals surface area contributed by atoms with Gasteiger partial charge in [-0.05, 0) is 12.1 Å². The second-order valence-corrected chi connectivity index (χ2v) is 5.62. The maximum atomic E-state index is 12.7. The van der Waals surface area contributed by atoms with Gasteiger partial charge in [0, 0.05) is 37.5 Å². The molecule has 25 heavy (non-hydrogen) atoms. The highest BCUT2D eigenvalue weighted by atomic mass is 16.5. The molecule has 1 aliphatic rings. The minimum Gasteiger partial charge on any atom is -0.368 e. The fraction of sp³-hybridized carbons (Fsp3) is 0.235. The molecule has 0 spiro atoms. The number of imidazole rings is 1. The predicted molar refractivity (Wildman–Crippen MR) is 88.0 cm³/mol. The van der Waals surface area contributed by atoms with Gasteiger partial charge in [-0.3, -0.25) is 19.3 Å². The molecule has 0 bridgehead atoms. The summed E-state index contributed by atoms with van der Waals surface area (Å²) in [5.41, 5.74) is 1.28. The van der Waals surface area contributed by atoms with Crippen molar-refractivity contribution in [2.75, 3.05) is 19.7 Å². The quantitative estimate of drug-likeness (QED) is 0.716. The zero-order valence-electron chi connectivity index (χ0n) is 13.4. The first-order valence-corrected chi connectivity index (χ1v) is 7.92. The van der Waals surface area contributed by atoms with Crippen LogP contribution in [-0.4, -0.2) is 55.0 Å². The number of amides is 1. The Morgan fingerprint density at radius 3 is 2.80 bits per heavy atom. The molecular weight excluding hydrogens is 320 g/mol. The van der Waals surface area contributed by atoms with Crippen molar-refractivity contribution in [1.29, 1.82) is 0 Å². The highest BCUT2D eigenvalue weighted by Gasteiger charge is 2.27. The van der Waals surface area contributed by atoms with Gasteiger partial charge < -0.3 is 9.64 Å². The van der Waals surface area contributed by atoms with Gasteiger partial charge in [0.15, 0.2) is 0 Å². The van der Waals surface area contributed by atoms with E-state index in [1.807, 2.05) is 0 Å². The molecule has 126 valence electrons. The Hall–Kier alpha value is -3.13. The summed E-state index contributed by atoms with van der Waals surface area (Å²) in [5.74, 6) is 0.648. The highest BCUT2D eigenvalue weighted by Crippen LogP contribution is 2.21. The minimum atomic E-state index is -0.260. The van der Waals surface area contributed by atoms with Gasteiger partial charge in [-0.2, -0.15) is 0 Å². The lowest BCUT2D eigenvalue weighted by Gasteiger charge is -2.32. The number of carbonyl (C=O) groups is 1. The zero-order valence-corrected chi connectivity index (χ0v) is 13.4. The van der Waals surface area contributed by atoms with E-state index in [4.69, 9.17) is 4.74 Å². The number of hydrogen-bond acceptors (Lipinski definition) is 6. The van der Waals surface area contributed by atoms with Gasteiger partial charge in [-0.15, -0.1) is 0 Å². The van der Waals surface area contributed by atoms with Gasteiger partial charge in [0.05, 0.1) is 30.6 Å². The molecule has 4 heterocycles. The van der Waals surface area contributed by atoms with E-state index in [2.05, 4.69) is 19.9 Å². The molecule has 3 aromatic rings. The average Bonchev–Trinajstić information content (AvgIpc) is 3.23. The summed E-state index contributed by atoms with van der Waals surface area (Å²) in [6.45, 7) is 1.45. The van der Waals surface area contributed by atoms with Gasteiger partial charge in [-0.1, -0.05) is 0 Å². The van der Waals surface area contributed by atoms with Gasteiger partial charge in [-0.25, -0.2) is 9.97 Å². The standard InChI is InChI=1S/C17H16N6O2/c24-17(13-1-2-16(21-9-13)23-6-5-19-12-23)22-7-8-25-15(11-22)14-10-18-3-4-20-14/h1-6,9-10,12,15H,7-8,11H2. The SMILES string of the molecule is O=C(c1ccc(-n2ccnc2)nc1)N1CCOC(c2cnccn2)C1. The molecule has 1 fully saturated rings. The molecule has 1 aliphatic heterocycles. The fourth-order valence-electron chi connectivity index (χ4n) is 2.73. The molecule has 1 amide bonds. The molecule has 1 atom stereocenters. The number of carbonyl (C=O) groups excluding carboxylic acids is 1. The molecule has 0 aromatic carbocycles. The summed E-state index contributed by atoms with van der Waals surface area (Å²) in [7, 11) is 0. The Labute approximate surface area is 144 Å². The zero-order chi connectivity index (χ0) is 17.1. The minimum absolute atomic E-state index is 0.0677. The maximum absolute atomic E-state index is 12.7. The molecule has 3 aromatic heterocycles. The van der Waals surface area contributed by atoms with Crippen molar-refractivity contribution in [2.24, 2.45) is 0 Å². The molecular formula is C17H16N6O2. The van der Waals surface area contributed by atoms with E-state index in [9.17, 15) is 4.79 Å². The second kappa shape index (κ2) is 6.78. The summed E-state index contributed by atoms with van der Waals surface area (Å²) in [5, 5.41) is 0. The van der Waals surface area contributed by atoms with Gasteiger partial charge >= 0.3 is 0 Å². The number of pyridine rings is 1. The van der Waals surface area contributed by atoms with Crippen LogP contribution >= 0.6 is 0 Å². The summed E-state index contributed by atoms with van der Waals surface area (Å²) >= 11 is 0. The lowest BCUT2D eigenvalue weighted by atomic mass is 10.1. The lowest BCUT2D eigenvalue weighted by molar-refractivity contribution is -0.0249. The Morgan fingerprint density at radius 1 is 1.12 bits per heavy atom. The molecule has 8 heteroatoms. The first-order valence-electron chi connectivity index (χ1n) is 7.92. The predicted octanol–water partition coefficient (Wildman–Crippen LogP) is 1.27. The molecule has 0 N–H and O–H groups in total. The Bertz CT molecular complexity index is 835. The third-order valence-electron chi connectivity index (χ3n) is 4.03. The number of ether oxygens (including phenoxy) is 1. The van der Waals surface area contributed by atoms with Gasteiger partial charge in [0.1, 0.15) is 18.2 Å². The van der Waals surface area contributed by atoms with E-state index in [1.165, 1.54) is 0 Å². The average molecular weight is 336 g/mol. The van der Waals surface area contributed by atoms with Crippen molar-refractivity contribution in [1.82, 2.24) is 29.4 Å². The summed E-state index contributed by atoms with van der Waals surface area (Å²) in [4.78, 5) is 31.2. The fourth-order valence-corrected chi connectivity index (χ4v) is 2.73. The number of nitrogens with zero attached hydrogens (tertiary/aromatic N) is 6. The molecule has 4 rings (SSSR count). The van der Waals surface area contributed by atoms with E-state index < -0.39 is 0 Å². The normalized spacial score (nSPS) is 17.4. The number of morpholine rings is 1. The van der Waals surface area contributed by atoms with Crippen molar-refractivity contribution in [3.05, 3.63) is 66.9 Å². The van der Waals surface area contributed by atoms with E-state index >= 15 is 0 Å². The van der Waals surface area contributed by atoms with Gasteiger partial charge in [0.2, 0.25) is 0 Å². The smallest absolute Gasteiger partial charge is 0.255 e. The third kappa shape index (κ3) is 3.24. The second-order valence-electron chi connectivity index (χ2n) is 5.62. The van der Waals surface area contributed by atoms with Crippen molar-refractivity contribution in [3.63, 3.8) is 0 Å². The Kier molecular flexibility index (Phi) is 4.17. The van der Waals surface area contributed by atoms with Gasteiger partial charge in [0.25, 0.3) is 5.91 Å². The summed E-state index contributed by atoms with van der Waals surface area (Å²) < 4.78 is 7.51. The van der Waals surface area contributed by atoms with E-state index in [0.29, 0.717) is 31.1 Å². The van der Waals surface area contributed by atoms with Crippen LogP contribution < -0.4 is 0 Å². The van der Waals surface area contributed by atoms with E-state index in [1.54, 1.807) is 65.1 Å². The van der Waals surface area contributed by atoms with Crippen LogP contribution in [0.2, 0.25) is 0 Å². The molecule has 0 aliphatic carbocycles. The number of rotatable bonds is 3. The number of aromatic nitrogens is 5. The van der Waals surface area contributed by atoms with Crippen LogP contribution in [0.5, 0.6) is 0 Å². The van der Waals surface area contributed by atoms with Crippen molar-refractivity contribution < 1.29 is 9.53 Å². The lowest BCUT2D eigenvalue weighted by Crippen LogP contribution is -2.42. The molecule has 1 unspecified atom stereocenters.